The van der Waals surface area contributed by atoms with Crippen LogP contribution in [0, 0.1) is 0 Å². The lowest BCUT2D eigenvalue weighted by atomic mass is 10.3. The molecule has 0 aliphatic carbocycles. The van der Waals surface area contributed by atoms with E-state index in [-0.39, 0.29) is 6.03 Å². The number of nitrogens with zero attached hydrogens (tertiary/aromatic N) is 1. The first-order chi connectivity index (χ1) is 8.63. The van der Waals surface area contributed by atoms with Gasteiger partial charge in [0, 0.05) is 22.0 Å². The van der Waals surface area contributed by atoms with E-state index in [9.17, 15) is 4.79 Å². The Morgan fingerprint density at radius 1 is 1.17 bits per heavy atom. The Bertz CT molecular complexity index is 527. The van der Waals surface area contributed by atoms with E-state index in [1.54, 1.807) is 24.3 Å². The number of anilines is 2. The molecule has 2 amide bonds. The molecule has 0 bridgehead atoms. The van der Waals surface area contributed by atoms with Gasteiger partial charge in [0.2, 0.25) is 0 Å². The van der Waals surface area contributed by atoms with Gasteiger partial charge in [-0.2, -0.15) is 0 Å². The molecule has 0 atom stereocenters. The van der Waals surface area contributed by atoms with E-state index < -0.39 is 0 Å². The summed E-state index contributed by atoms with van der Waals surface area (Å²) in [5, 5.41) is 5.70. The number of carbonyl (C=O) groups excluding carboxylic acids is 1. The second kappa shape index (κ2) is 5.84. The van der Waals surface area contributed by atoms with Crippen molar-refractivity contribution >= 4 is 44.9 Å². The molecule has 0 saturated carbocycles. The van der Waals surface area contributed by atoms with Crippen LogP contribution in [0.15, 0.2) is 47.1 Å². The van der Waals surface area contributed by atoms with Crippen molar-refractivity contribution in [3.8, 4) is 0 Å². The van der Waals surface area contributed by atoms with Crippen molar-refractivity contribution in [2.24, 2.45) is 0 Å². The molecule has 18 heavy (non-hydrogen) atoms. The van der Waals surface area contributed by atoms with Crippen LogP contribution in [0.2, 0.25) is 5.15 Å². The Labute approximate surface area is 118 Å². The molecule has 0 saturated heterocycles. The van der Waals surface area contributed by atoms with Crippen molar-refractivity contribution in [3.63, 3.8) is 0 Å². The van der Waals surface area contributed by atoms with Gasteiger partial charge in [0.05, 0.1) is 0 Å². The van der Waals surface area contributed by atoms with Crippen LogP contribution >= 0.6 is 27.5 Å². The highest BCUT2D eigenvalue weighted by molar-refractivity contribution is 9.10. The molecule has 92 valence electrons. The van der Waals surface area contributed by atoms with Crippen LogP contribution in [-0.2, 0) is 0 Å². The number of hydrogen-bond acceptors (Lipinski definition) is 2. The fraction of sp³-hybridized carbons (Fsp3) is 0. The van der Waals surface area contributed by atoms with Crippen LogP contribution < -0.4 is 10.6 Å². The van der Waals surface area contributed by atoms with Gasteiger partial charge in [-0.3, -0.25) is 0 Å². The average molecular weight is 327 g/mol. The first kappa shape index (κ1) is 12.9. The number of nitrogens with one attached hydrogen (secondary N) is 2. The van der Waals surface area contributed by atoms with Crippen molar-refractivity contribution in [3.05, 3.63) is 52.2 Å². The zero-order chi connectivity index (χ0) is 13.0. The Hall–Kier alpha value is -1.59. The quantitative estimate of drug-likeness (QED) is 0.815. The van der Waals surface area contributed by atoms with Gasteiger partial charge in [-0.15, -0.1) is 0 Å². The van der Waals surface area contributed by atoms with Gasteiger partial charge >= 0.3 is 6.03 Å². The fourth-order valence-corrected chi connectivity index (χ4v) is 1.91. The van der Waals surface area contributed by atoms with Crippen LogP contribution in [0.5, 0.6) is 0 Å². The molecule has 0 aliphatic heterocycles. The minimum absolute atomic E-state index is 0.329. The summed E-state index contributed by atoms with van der Waals surface area (Å²) in [7, 11) is 0. The average Bonchev–Trinajstić information content (AvgIpc) is 2.28. The summed E-state index contributed by atoms with van der Waals surface area (Å²) in [5.41, 5.74) is 1.28. The third-order valence-corrected chi connectivity index (χ3v) is 2.77. The monoisotopic (exact) mass is 325 g/mol. The summed E-state index contributed by atoms with van der Waals surface area (Å²) in [6.45, 7) is 0. The third kappa shape index (κ3) is 3.72. The van der Waals surface area contributed by atoms with E-state index in [1.165, 1.54) is 6.20 Å². The van der Waals surface area contributed by atoms with Crippen molar-refractivity contribution in [1.82, 2.24) is 4.98 Å². The molecular weight excluding hydrogens is 318 g/mol. The van der Waals surface area contributed by atoms with Gasteiger partial charge in [-0.25, -0.2) is 9.78 Å². The lowest BCUT2D eigenvalue weighted by Gasteiger charge is -2.07. The fourth-order valence-electron chi connectivity index (χ4n) is 1.34. The molecule has 0 spiro atoms. The van der Waals surface area contributed by atoms with Crippen LogP contribution in [-0.4, -0.2) is 11.0 Å². The highest BCUT2D eigenvalue weighted by Gasteiger charge is 2.03. The zero-order valence-corrected chi connectivity index (χ0v) is 11.5. The summed E-state index contributed by atoms with van der Waals surface area (Å²) >= 11 is 9.05. The van der Waals surface area contributed by atoms with E-state index in [4.69, 9.17) is 11.6 Å². The number of pyridine rings is 1. The summed E-state index contributed by atoms with van der Waals surface area (Å²) in [4.78, 5) is 15.5. The molecule has 6 heteroatoms. The summed E-state index contributed by atoms with van der Waals surface area (Å²) in [6, 6.07) is 10.2. The molecule has 1 aromatic heterocycles. The number of aromatic nitrogens is 1. The van der Waals surface area contributed by atoms with Crippen molar-refractivity contribution in [1.29, 1.82) is 0 Å². The number of urea groups is 1. The third-order valence-electron chi connectivity index (χ3n) is 2.07. The zero-order valence-electron chi connectivity index (χ0n) is 9.15. The maximum atomic E-state index is 11.7. The summed E-state index contributed by atoms with van der Waals surface area (Å²) in [5.74, 6) is 0. The minimum Gasteiger partial charge on any atom is -0.308 e. The van der Waals surface area contributed by atoms with E-state index >= 15 is 0 Å². The largest absolute Gasteiger partial charge is 0.323 e. The molecule has 4 nitrogen and oxygen atoms in total. The molecule has 0 fully saturated rings. The summed E-state index contributed by atoms with van der Waals surface area (Å²) in [6.07, 6.45) is 1.52. The highest BCUT2D eigenvalue weighted by Crippen LogP contribution is 2.16. The number of hydrogen-bond donors (Lipinski definition) is 2. The molecule has 2 aromatic rings. The second-order valence-corrected chi connectivity index (χ2v) is 4.76. The van der Waals surface area contributed by atoms with Crippen molar-refractivity contribution in [2.45, 2.75) is 0 Å². The van der Waals surface area contributed by atoms with Gasteiger partial charge in [-0.1, -0.05) is 33.6 Å². The SMILES string of the molecule is O=C(Nc1cccc(Br)c1)Nc1ccnc(Cl)c1. The van der Waals surface area contributed by atoms with Gasteiger partial charge in [0.1, 0.15) is 5.15 Å². The number of benzene rings is 1. The standard InChI is InChI=1S/C12H9BrClN3O/c13-8-2-1-3-9(6-8)16-12(18)17-10-4-5-15-11(14)7-10/h1-7H,(H2,15,16,17,18). The predicted molar refractivity (Wildman–Crippen MR) is 76.0 cm³/mol. The Morgan fingerprint density at radius 2 is 1.89 bits per heavy atom. The summed E-state index contributed by atoms with van der Waals surface area (Å²) < 4.78 is 0.896. The maximum absolute atomic E-state index is 11.7. The molecular formula is C12H9BrClN3O. The number of rotatable bonds is 2. The minimum atomic E-state index is -0.338. The molecule has 2 N–H and O–H groups in total. The van der Waals surface area contributed by atoms with Gasteiger partial charge in [-0.05, 0) is 30.3 Å². The number of amides is 2. The van der Waals surface area contributed by atoms with Gasteiger partial charge in [0.25, 0.3) is 0 Å². The number of halogens is 2. The van der Waals surface area contributed by atoms with Crippen LogP contribution in [0.1, 0.15) is 0 Å². The van der Waals surface area contributed by atoms with Gasteiger partial charge in [0.15, 0.2) is 0 Å². The lowest BCUT2D eigenvalue weighted by Crippen LogP contribution is -2.19. The Kier molecular flexibility index (Phi) is 4.17. The van der Waals surface area contributed by atoms with Crippen molar-refractivity contribution in [2.75, 3.05) is 10.6 Å². The molecule has 0 aliphatic rings. The van der Waals surface area contributed by atoms with E-state index in [2.05, 4.69) is 31.5 Å². The first-order valence-corrected chi connectivity index (χ1v) is 6.26. The maximum Gasteiger partial charge on any atom is 0.323 e. The Balaban J connectivity index is 2.01. The molecule has 0 radical (unpaired) electrons. The lowest BCUT2D eigenvalue weighted by molar-refractivity contribution is 0.262. The number of carbonyl (C=O) groups is 1. The predicted octanol–water partition coefficient (Wildman–Crippen LogP) is 4.14. The topological polar surface area (TPSA) is 54.0 Å². The molecule has 1 heterocycles. The second-order valence-electron chi connectivity index (χ2n) is 3.46. The van der Waals surface area contributed by atoms with Crippen molar-refractivity contribution < 1.29 is 4.79 Å². The first-order valence-electron chi connectivity index (χ1n) is 5.08. The van der Waals surface area contributed by atoms with Crippen LogP contribution in [0.4, 0.5) is 16.2 Å². The molecule has 1 aromatic carbocycles. The van der Waals surface area contributed by atoms with E-state index in [0.717, 1.165) is 4.47 Å². The highest BCUT2D eigenvalue weighted by atomic mass is 79.9. The molecule has 2 rings (SSSR count). The smallest absolute Gasteiger partial charge is 0.308 e. The van der Waals surface area contributed by atoms with Crippen LogP contribution in [0.25, 0.3) is 0 Å². The molecule has 0 unspecified atom stereocenters. The van der Waals surface area contributed by atoms with Gasteiger partial charge < -0.3 is 10.6 Å². The Morgan fingerprint density at radius 3 is 2.56 bits per heavy atom. The van der Waals surface area contributed by atoms with E-state index in [1.807, 2.05) is 12.1 Å². The normalized spacial score (nSPS) is 9.89. The van der Waals surface area contributed by atoms with Crippen LogP contribution in [0.3, 0.4) is 0 Å². The van der Waals surface area contributed by atoms with E-state index in [0.29, 0.717) is 16.5 Å².